The molecular formula is C31H46O6. The van der Waals surface area contributed by atoms with Gasteiger partial charge in [-0.3, -0.25) is 14.4 Å². The minimum atomic E-state index is -0.852. The number of ether oxygens (including phenoxy) is 3. The molecule has 0 aromatic rings. The molecule has 3 saturated carbocycles. The van der Waals surface area contributed by atoms with Crippen LogP contribution in [0.15, 0.2) is 11.6 Å². The van der Waals surface area contributed by atoms with Crippen molar-refractivity contribution in [2.45, 2.75) is 105 Å². The van der Waals surface area contributed by atoms with Gasteiger partial charge in [0.15, 0.2) is 11.7 Å². The van der Waals surface area contributed by atoms with Gasteiger partial charge in [-0.05, 0) is 111 Å². The topological polar surface area (TPSA) is 82.2 Å². The van der Waals surface area contributed by atoms with Crippen LogP contribution in [0.4, 0.5) is 0 Å². The summed E-state index contributed by atoms with van der Waals surface area (Å²) in [7, 11) is 0. The van der Waals surface area contributed by atoms with Crippen molar-refractivity contribution in [3.63, 3.8) is 0 Å². The predicted molar refractivity (Wildman–Crippen MR) is 139 cm³/mol. The first-order valence-electron chi connectivity index (χ1n) is 14.8. The Balaban J connectivity index is 1.40. The lowest BCUT2D eigenvalue weighted by Gasteiger charge is -2.58. The first-order chi connectivity index (χ1) is 17.6. The van der Waals surface area contributed by atoms with E-state index in [1.165, 1.54) is 12.0 Å². The lowest BCUT2D eigenvalue weighted by atomic mass is 9.44. The first-order valence-corrected chi connectivity index (χ1v) is 14.8. The molecule has 6 nitrogen and oxygen atoms in total. The average molecular weight is 515 g/mol. The Kier molecular flexibility index (Phi) is 6.90. The third kappa shape index (κ3) is 3.94. The Morgan fingerprint density at radius 1 is 1.03 bits per heavy atom. The molecule has 1 heterocycles. The van der Waals surface area contributed by atoms with Crippen LogP contribution in [0.3, 0.4) is 0 Å². The second-order valence-electron chi connectivity index (χ2n) is 13.0. The van der Waals surface area contributed by atoms with Crippen LogP contribution in [-0.2, 0) is 28.6 Å². The van der Waals surface area contributed by atoms with Gasteiger partial charge in [-0.15, -0.1) is 0 Å². The molecule has 5 rings (SSSR count). The van der Waals surface area contributed by atoms with Crippen LogP contribution in [-0.4, -0.2) is 42.6 Å². The Hall–Kier alpha value is -1.69. The van der Waals surface area contributed by atoms with Crippen LogP contribution in [0, 0.1) is 46.3 Å². The predicted octanol–water partition coefficient (Wildman–Crippen LogP) is 5.67. The third-order valence-electron chi connectivity index (χ3n) is 11.5. The molecule has 0 aromatic heterocycles. The van der Waals surface area contributed by atoms with Gasteiger partial charge in [0.25, 0.3) is 0 Å². The van der Waals surface area contributed by atoms with Crippen molar-refractivity contribution in [2.24, 2.45) is 46.3 Å². The van der Waals surface area contributed by atoms with Crippen molar-refractivity contribution in [1.82, 2.24) is 0 Å². The third-order valence-corrected chi connectivity index (χ3v) is 11.5. The molecule has 37 heavy (non-hydrogen) atoms. The number of fused-ring (bicyclic) bond motifs is 8. The molecule has 0 N–H and O–H groups in total. The fraction of sp³-hybridized carbons (Fsp3) is 0.839. The maximum atomic E-state index is 12.7. The van der Waals surface area contributed by atoms with Gasteiger partial charge in [0.05, 0.1) is 19.3 Å². The summed E-state index contributed by atoms with van der Waals surface area (Å²) in [4.78, 5) is 37.9. The number of rotatable bonds is 8. The Morgan fingerprint density at radius 2 is 1.70 bits per heavy atom. The number of ketones is 1. The summed E-state index contributed by atoms with van der Waals surface area (Å²) in [5, 5.41) is 0. The molecule has 0 radical (unpaired) electrons. The van der Waals surface area contributed by atoms with Crippen molar-refractivity contribution in [2.75, 3.05) is 13.2 Å². The summed E-state index contributed by atoms with van der Waals surface area (Å²) in [5.41, 5.74) is 1.25. The van der Waals surface area contributed by atoms with E-state index in [1.54, 1.807) is 13.8 Å². The fourth-order valence-corrected chi connectivity index (χ4v) is 9.83. The van der Waals surface area contributed by atoms with Gasteiger partial charge in [-0.2, -0.15) is 0 Å². The minimum Gasteiger partial charge on any atom is -0.465 e. The molecular weight excluding hydrogens is 468 g/mol. The molecule has 5 aliphatic rings. The number of esters is 2. The van der Waals surface area contributed by atoms with Gasteiger partial charge < -0.3 is 14.2 Å². The monoisotopic (exact) mass is 514 g/mol. The zero-order valence-electron chi connectivity index (χ0n) is 23.6. The first kappa shape index (κ1) is 26.9. The van der Waals surface area contributed by atoms with E-state index in [0.29, 0.717) is 36.5 Å². The Morgan fingerprint density at radius 3 is 2.32 bits per heavy atom. The van der Waals surface area contributed by atoms with Crippen LogP contribution >= 0.6 is 0 Å². The summed E-state index contributed by atoms with van der Waals surface area (Å²) in [6.45, 7) is 13.4. The van der Waals surface area contributed by atoms with E-state index in [-0.39, 0.29) is 47.4 Å². The molecule has 4 fully saturated rings. The van der Waals surface area contributed by atoms with Crippen molar-refractivity contribution >= 4 is 17.7 Å². The van der Waals surface area contributed by atoms with E-state index in [2.05, 4.69) is 27.7 Å². The molecule has 0 amide bonds. The summed E-state index contributed by atoms with van der Waals surface area (Å²) < 4.78 is 17.2. The molecule has 0 aromatic carbocycles. The molecule has 0 spiro atoms. The van der Waals surface area contributed by atoms with E-state index in [9.17, 15) is 14.4 Å². The van der Waals surface area contributed by atoms with E-state index < -0.39 is 17.9 Å². The van der Waals surface area contributed by atoms with Crippen LogP contribution in [0.2, 0.25) is 0 Å². The van der Waals surface area contributed by atoms with Gasteiger partial charge in [-0.1, -0.05) is 27.7 Å². The molecule has 206 valence electrons. The van der Waals surface area contributed by atoms with Crippen LogP contribution in [0.25, 0.3) is 0 Å². The normalized spacial score (nSPS) is 42.6. The van der Waals surface area contributed by atoms with Crippen molar-refractivity contribution in [3.05, 3.63) is 11.6 Å². The Labute approximate surface area is 222 Å². The average Bonchev–Trinajstić information content (AvgIpc) is 3.50. The molecule has 0 unspecified atom stereocenters. The highest BCUT2D eigenvalue weighted by atomic mass is 16.6. The molecule has 9 atom stereocenters. The second kappa shape index (κ2) is 9.50. The van der Waals surface area contributed by atoms with Gasteiger partial charge in [-0.25, -0.2) is 0 Å². The smallest absolute Gasteiger partial charge is 0.320 e. The molecule has 1 saturated heterocycles. The summed E-state index contributed by atoms with van der Waals surface area (Å²) in [5.74, 6) is 0.784. The minimum absolute atomic E-state index is 0.0472. The quantitative estimate of drug-likeness (QED) is 0.236. The fourth-order valence-electron chi connectivity index (χ4n) is 9.83. The molecule has 6 heteroatoms. The summed E-state index contributed by atoms with van der Waals surface area (Å²) >= 11 is 0. The highest BCUT2D eigenvalue weighted by Crippen LogP contribution is 2.74. The van der Waals surface area contributed by atoms with E-state index in [1.807, 2.05) is 6.08 Å². The number of carbonyl (C=O) groups is 3. The zero-order valence-corrected chi connectivity index (χ0v) is 23.6. The maximum Gasteiger partial charge on any atom is 0.320 e. The highest BCUT2D eigenvalue weighted by molar-refractivity contribution is 5.95. The van der Waals surface area contributed by atoms with Gasteiger partial charge >= 0.3 is 11.9 Å². The van der Waals surface area contributed by atoms with E-state index >= 15 is 0 Å². The van der Waals surface area contributed by atoms with Crippen LogP contribution in [0.5, 0.6) is 0 Å². The van der Waals surface area contributed by atoms with Gasteiger partial charge in [0, 0.05) is 6.42 Å². The second-order valence-corrected chi connectivity index (χ2v) is 13.0. The maximum absolute atomic E-state index is 12.7. The van der Waals surface area contributed by atoms with Gasteiger partial charge in [0.2, 0.25) is 0 Å². The van der Waals surface area contributed by atoms with Crippen LogP contribution in [0.1, 0.15) is 92.9 Å². The SMILES string of the molecule is CCOC(=O)C(C[C@@H](C)[C@H]1CC[C@H]2[C@H]3[C@H](CC[C@]12C)[C@@]1(C)CCC(=O)C=C1[C@@]1(CC)O[C@@H]31)C(=O)OCC. The van der Waals surface area contributed by atoms with E-state index in [0.717, 1.165) is 32.1 Å². The summed E-state index contributed by atoms with van der Waals surface area (Å²) in [6.07, 6.45) is 9.78. The van der Waals surface area contributed by atoms with Gasteiger partial charge in [0.1, 0.15) is 5.60 Å². The number of carbonyl (C=O) groups excluding carboxylic acids is 3. The zero-order chi connectivity index (χ0) is 26.8. The van der Waals surface area contributed by atoms with E-state index in [4.69, 9.17) is 14.2 Å². The van der Waals surface area contributed by atoms with Crippen molar-refractivity contribution in [1.29, 1.82) is 0 Å². The number of epoxide rings is 1. The molecule has 0 bridgehead atoms. The van der Waals surface area contributed by atoms with Crippen LogP contribution < -0.4 is 0 Å². The Bertz CT molecular complexity index is 968. The largest absolute Gasteiger partial charge is 0.465 e. The number of hydrogen-bond acceptors (Lipinski definition) is 6. The standard InChI is InChI=1S/C31H46O6/c1-7-31-24-17-19(32)12-14-30(24,6)23-13-15-29(5)21(10-11-22(29)25(23)26(31)37-31)18(4)16-20(27(33)35-8-2)28(34)36-9-3/h17-18,20-23,25-26H,7-16H2,1-6H3/t18-,21-,22+,23+,25+,26+,29-,30-,31-/m1/s1. The molecule has 4 aliphatic carbocycles. The lowest BCUT2D eigenvalue weighted by molar-refractivity contribution is -0.163. The number of hydrogen-bond donors (Lipinski definition) is 0. The van der Waals surface area contributed by atoms with Crippen molar-refractivity contribution < 1.29 is 28.6 Å². The molecule has 1 aliphatic heterocycles. The summed E-state index contributed by atoms with van der Waals surface area (Å²) in [6, 6.07) is 0. The lowest BCUT2D eigenvalue weighted by Crippen LogP contribution is -2.56. The highest BCUT2D eigenvalue weighted by Gasteiger charge is 2.75. The van der Waals surface area contributed by atoms with Crippen molar-refractivity contribution in [3.8, 4) is 0 Å².